The lowest BCUT2D eigenvalue weighted by molar-refractivity contribution is -0.159. The van der Waals surface area contributed by atoms with Crippen molar-refractivity contribution in [2.45, 2.75) is 77.4 Å². The molecule has 0 bridgehead atoms. The molecule has 10 nitrogen and oxygen atoms in total. The summed E-state index contributed by atoms with van der Waals surface area (Å²) in [5, 5.41) is 5.40. The number of hydrogen-bond donors (Lipinski definition) is 2. The molecule has 10 heteroatoms. The quantitative estimate of drug-likeness (QED) is 0.143. The Labute approximate surface area is 253 Å². The number of alkyl carbamates (subject to hydrolysis) is 2. The van der Waals surface area contributed by atoms with Crippen molar-refractivity contribution < 1.29 is 33.4 Å². The fourth-order valence-corrected chi connectivity index (χ4v) is 4.75. The maximum Gasteiger partial charge on any atom is 0.408 e. The number of hydrogen-bond acceptors (Lipinski definition) is 7. The summed E-state index contributed by atoms with van der Waals surface area (Å²) >= 11 is 0. The Morgan fingerprint density at radius 1 is 0.953 bits per heavy atom. The van der Waals surface area contributed by atoms with Gasteiger partial charge < -0.3 is 29.7 Å². The van der Waals surface area contributed by atoms with Gasteiger partial charge in [0.05, 0.1) is 0 Å². The Morgan fingerprint density at radius 2 is 1.56 bits per heavy atom. The summed E-state index contributed by atoms with van der Waals surface area (Å²) in [4.78, 5) is 53.2. The smallest absolute Gasteiger partial charge is 0.408 e. The highest BCUT2D eigenvalue weighted by atomic mass is 16.6. The predicted molar refractivity (Wildman–Crippen MR) is 162 cm³/mol. The zero-order chi connectivity index (χ0) is 31.2. The SMILES string of the molecule is C=C[C@@H]1CCN([C@@H](CCCCNC(=O)OCc2ccccc2)C(=O)OCc2ccccc2)C(=O)[C@H]1NC(=O)OC(C)(C)C. The van der Waals surface area contributed by atoms with Gasteiger partial charge in [0.25, 0.3) is 0 Å². The first-order valence-electron chi connectivity index (χ1n) is 14.6. The normalized spacial score (nSPS) is 17.4. The number of esters is 1. The molecule has 2 aromatic carbocycles. The Morgan fingerprint density at radius 3 is 2.14 bits per heavy atom. The first-order valence-corrected chi connectivity index (χ1v) is 14.6. The number of piperidine rings is 1. The van der Waals surface area contributed by atoms with Gasteiger partial charge in [-0.05, 0) is 57.6 Å². The minimum Gasteiger partial charge on any atom is -0.459 e. The number of carbonyl (C=O) groups excluding carboxylic acids is 4. The van der Waals surface area contributed by atoms with Gasteiger partial charge in [-0.1, -0.05) is 66.7 Å². The maximum absolute atomic E-state index is 13.7. The second-order valence-electron chi connectivity index (χ2n) is 11.4. The van der Waals surface area contributed by atoms with Crippen LogP contribution in [0.3, 0.4) is 0 Å². The first kappa shape index (κ1) is 33.2. The molecule has 0 aromatic heterocycles. The fraction of sp³-hybridized carbons (Fsp3) is 0.455. The van der Waals surface area contributed by atoms with Crippen LogP contribution in [0.2, 0.25) is 0 Å². The summed E-state index contributed by atoms with van der Waals surface area (Å²) < 4.78 is 16.3. The van der Waals surface area contributed by atoms with E-state index in [0.29, 0.717) is 38.8 Å². The average molecular weight is 594 g/mol. The third kappa shape index (κ3) is 11.1. The number of amides is 3. The van der Waals surface area contributed by atoms with Crippen molar-refractivity contribution in [3.8, 4) is 0 Å². The first-order chi connectivity index (χ1) is 20.6. The summed E-state index contributed by atoms with van der Waals surface area (Å²) in [6.07, 6.45) is 2.31. The average Bonchev–Trinajstić information content (AvgIpc) is 2.98. The lowest BCUT2D eigenvalue weighted by atomic mass is 9.89. The van der Waals surface area contributed by atoms with Crippen molar-refractivity contribution in [2.24, 2.45) is 5.92 Å². The van der Waals surface area contributed by atoms with Crippen molar-refractivity contribution in [3.05, 3.63) is 84.4 Å². The third-order valence-corrected chi connectivity index (χ3v) is 6.91. The van der Waals surface area contributed by atoms with E-state index in [1.807, 2.05) is 60.7 Å². The van der Waals surface area contributed by atoms with E-state index in [4.69, 9.17) is 14.2 Å². The summed E-state index contributed by atoms with van der Waals surface area (Å²) in [6.45, 7) is 9.94. The molecular formula is C33H43N3O7. The van der Waals surface area contributed by atoms with E-state index in [0.717, 1.165) is 11.1 Å². The highest BCUT2D eigenvalue weighted by Crippen LogP contribution is 2.25. The number of carbonyl (C=O) groups is 4. The number of nitrogens with one attached hydrogen (secondary N) is 2. The molecule has 0 unspecified atom stereocenters. The van der Waals surface area contributed by atoms with Gasteiger partial charge in [0.2, 0.25) is 5.91 Å². The highest BCUT2D eigenvalue weighted by Gasteiger charge is 2.42. The number of nitrogens with zero attached hydrogens (tertiary/aromatic N) is 1. The van der Waals surface area contributed by atoms with Crippen molar-refractivity contribution in [1.29, 1.82) is 0 Å². The number of rotatable bonds is 13. The van der Waals surface area contributed by atoms with Crippen LogP contribution in [-0.4, -0.2) is 59.7 Å². The number of ether oxygens (including phenoxy) is 3. The van der Waals surface area contributed by atoms with E-state index in [9.17, 15) is 19.2 Å². The van der Waals surface area contributed by atoms with Gasteiger partial charge in [0.1, 0.15) is 30.9 Å². The molecule has 0 spiro atoms. The number of unbranched alkanes of at least 4 members (excludes halogenated alkanes) is 1. The Hall–Kier alpha value is -4.34. The van der Waals surface area contributed by atoms with Crippen LogP contribution in [-0.2, 0) is 37.0 Å². The van der Waals surface area contributed by atoms with Crippen LogP contribution in [0.1, 0.15) is 57.6 Å². The van der Waals surface area contributed by atoms with E-state index < -0.39 is 41.7 Å². The zero-order valence-corrected chi connectivity index (χ0v) is 25.3. The van der Waals surface area contributed by atoms with E-state index in [-0.39, 0.29) is 19.1 Å². The molecule has 1 heterocycles. The van der Waals surface area contributed by atoms with Crippen LogP contribution in [0.5, 0.6) is 0 Å². The van der Waals surface area contributed by atoms with E-state index in [1.54, 1.807) is 26.8 Å². The molecule has 3 amide bonds. The zero-order valence-electron chi connectivity index (χ0n) is 25.3. The minimum atomic E-state index is -0.924. The van der Waals surface area contributed by atoms with Gasteiger partial charge in [-0.25, -0.2) is 14.4 Å². The number of benzene rings is 2. The highest BCUT2D eigenvalue weighted by molar-refractivity contribution is 5.91. The molecule has 1 aliphatic heterocycles. The van der Waals surface area contributed by atoms with Gasteiger partial charge in [-0.3, -0.25) is 4.79 Å². The topological polar surface area (TPSA) is 123 Å². The van der Waals surface area contributed by atoms with Crippen molar-refractivity contribution in [1.82, 2.24) is 15.5 Å². The second-order valence-corrected chi connectivity index (χ2v) is 11.4. The fourth-order valence-electron chi connectivity index (χ4n) is 4.75. The van der Waals surface area contributed by atoms with Crippen LogP contribution in [0, 0.1) is 5.92 Å². The predicted octanol–water partition coefficient (Wildman–Crippen LogP) is 5.12. The van der Waals surface area contributed by atoms with Crippen LogP contribution < -0.4 is 10.6 Å². The summed E-state index contributed by atoms with van der Waals surface area (Å²) in [5.41, 5.74) is 0.976. The molecule has 232 valence electrons. The lowest BCUT2D eigenvalue weighted by Crippen LogP contribution is -2.60. The monoisotopic (exact) mass is 593 g/mol. The van der Waals surface area contributed by atoms with Crippen molar-refractivity contribution in [3.63, 3.8) is 0 Å². The molecule has 1 aliphatic rings. The minimum absolute atomic E-state index is 0.0713. The van der Waals surface area contributed by atoms with E-state index >= 15 is 0 Å². The molecule has 43 heavy (non-hydrogen) atoms. The van der Waals surface area contributed by atoms with Gasteiger partial charge in [0, 0.05) is 19.0 Å². The molecule has 2 N–H and O–H groups in total. The summed E-state index contributed by atoms with van der Waals surface area (Å²) in [5.74, 6) is -1.24. The number of likely N-dealkylation sites (tertiary alicyclic amines) is 1. The molecule has 0 aliphatic carbocycles. The molecule has 1 fully saturated rings. The molecule has 0 saturated carbocycles. The van der Waals surface area contributed by atoms with Crippen LogP contribution >= 0.6 is 0 Å². The molecule has 3 rings (SSSR count). The van der Waals surface area contributed by atoms with Crippen LogP contribution in [0.25, 0.3) is 0 Å². The van der Waals surface area contributed by atoms with E-state index in [2.05, 4.69) is 17.2 Å². The Bertz CT molecular complexity index is 1210. The van der Waals surface area contributed by atoms with Gasteiger partial charge >= 0.3 is 18.2 Å². The van der Waals surface area contributed by atoms with Gasteiger partial charge in [-0.2, -0.15) is 0 Å². The molecule has 0 radical (unpaired) electrons. The van der Waals surface area contributed by atoms with Crippen molar-refractivity contribution >= 4 is 24.1 Å². The van der Waals surface area contributed by atoms with Crippen LogP contribution in [0.15, 0.2) is 73.3 Å². The van der Waals surface area contributed by atoms with Crippen LogP contribution in [0.4, 0.5) is 9.59 Å². The largest absolute Gasteiger partial charge is 0.459 e. The lowest BCUT2D eigenvalue weighted by Gasteiger charge is -2.40. The molecule has 3 atom stereocenters. The summed E-state index contributed by atoms with van der Waals surface area (Å²) in [6, 6.07) is 16.9. The standard InChI is InChI=1S/C33H43N3O7/c1-5-26-19-21-36(29(37)28(26)35-32(40)43-33(2,3)4)27(30(38)41-22-24-14-8-6-9-15-24)18-12-13-20-34-31(39)42-23-25-16-10-7-11-17-25/h5-11,14-17,26-28H,1,12-13,18-23H2,2-4H3,(H,34,39)(H,35,40)/t26-,27+,28+/m1/s1. The summed E-state index contributed by atoms with van der Waals surface area (Å²) in [7, 11) is 0. The second kappa shape index (κ2) is 16.3. The maximum atomic E-state index is 13.7. The third-order valence-electron chi connectivity index (χ3n) is 6.91. The van der Waals surface area contributed by atoms with Crippen molar-refractivity contribution in [2.75, 3.05) is 13.1 Å². The molecule has 1 saturated heterocycles. The Balaban J connectivity index is 1.61. The molecule has 2 aromatic rings. The van der Waals surface area contributed by atoms with Gasteiger partial charge in [-0.15, -0.1) is 6.58 Å². The Kier molecular flexibility index (Phi) is 12.6. The molecular weight excluding hydrogens is 550 g/mol. The van der Waals surface area contributed by atoms with E-state index in [1.165, 1.54) is 4.90 Å². The van der Waals surface area contributed by atoms with Gasteiger partial charge in [0.15, 0.2) is 0 Å².